The van der Waals surface area contributed by atoms with Gasteiger partial charge in [-0.05, 0) is 38.0 Å². The summed E-state index contributed by atoms with van der Waals surface area (Å²) in [6.07, 6.45) is 0.397. The molecule has 4 aromatic heterocycles. The van der Waals surface area contributed by atoms with Gasteiger partial charge in [0.2, 0.25) is 0 Å². The molecule has 0 bridgehead atoms. The van der Waals surface area contributed by atoms with Crippen LogP contribution < -0.4 is 0 Å². The quantitative estimate of drug-likeness (QED) is 0.383. The highest BCUT2D eigenvalue weighted by Crippen LogP contribution is 2.36. The van der Waals surface area contributed by atoms with E-state index in [0.29, 0.717) is 11.1 Å². The number of methoxy groups -OCH3 is 1. The summed E-state index contributed by atoms with van der Waals surface area (Å²) in [6, 6.07) is 0.912. The first-order valence-electron chi connectivity index (χ1n) is 10.2. The Labute approximate surface area is 196 Å². The number of rotatable bonds is 7. The Morgan fingerprint density at radius 1 is 1.12 bits per heavy atom. The average molecular weight is 491 g/mol. The number of carbonyl (C=O) groups excluding carboxylic acids is 1. The zero-order chi connectivity index (χ0) is 24.7. The number of halogens is 3. The van der Waals surface area contributed by atoms with Gasteiger partial charge in [0.1, 0.15) is 21.7 Å². The van der Waals surface area contributed by atoms with E-state index in [1.165, 1.54) is 29.9 Å². The van der Waals surface area contributed by atoms with Crippen LogP contribution >= 0.6 is 11.3 Å². The third kappa shape index (κ3) is 4.68. The molecule has 0 amide bonds. The van der Waals surface area contributed by atoms with Crippen LogP contribution in [0.5, 0.6) is 0 Å². The van der Waals surface area contributed by atoms with Crippen LogP contribution in [0.25, 0.3) is 16.2 Å². The maximum absolute atomic E-state index is 13.7. The van der Waals surface area contributed by atoms with Gasteiger partial charge in [-0.1, -0.05) is 11.3 Å². The summed E-state index contributed by atoms with van der Waals surface area (Å²) in [5.74, 6) is -0.743. The Morgan fingerprint density at radius 2 is 1.82 bits per heavy atom. The van der Waals surface area contributed by atoms with Gasteiger partial charge in [0, 0.05) is 37.9 Å². The minimum atomic E-state index is -4.69. The van der Waals surface area contributed by atoms with Crippen molar-refractivity contribution in [3.05, 3.63) is 58.1 Å². The van der Waals surface area contributed by atoms with Crippen LogP contribution in [0.15, 0.2) is 30.9 Å². The summed E-state index contributed by atoms with van der Waals surface area (Å²) >= 11 is 1.44. The van der Waals surface area contributed by atoms with E-state index in [2.05, 4.69) is 25.1 Å². The van der Waals surface area contributed by atoms with Crippen LogP contribution in [0.1, 0.15) is 41.1 Å². The molecule has 34 heavy (non-hydrogen) atoms. The second-order valence-corrected chi connectivity index (χ2v) is 9.36. The Hall–Kier alpha value is -3.25. The van der Waals surface area contributed by atoms with Crippen LogP contribution in [0.2, 0.25) is 0 Å². The number of hydrogen-bond acceptors (Lipinski definition) is 8. The molecule has 4 heterocycles. The maximum Gasteiger partial charge on any atom is 0.420 e. The summed E-state index contributed by atoms with van der Waals surface area (Å²) in [5.41, 5.74) is 0.399. The van der Waals surface area contributed by atoms with E-state index in [9.17, 15) is 18.0 Å². The predicted octanol–water partition coefficient (Wildman–Crippen LogP) is 4.23. The monoisotopic (exact) mass is 490 g/mol. The largest absolute Gasteiger partial charge is 0.420 e. The van der Waals surface area contributed by atoms with Gasteiger partial charge in [-0.15, -0.1) is 4.80 Å². The van der Waals surface area contributed by atoms with Crippen LogP contribution in [0.4, 0.5) is 13.2 Å². The first-order chi connectivity index (χ1) is 16.0. The van der Waals surface area contributed by atoms with Gasteiger partial charge in [0.05, 0.1) is 23.0 Å². The number of ketones is 1. The summed E-state index contributed by atoms with van der Waals surface area (Å²) < 4.78 is 46.6. The summed E-state index contributed by atoms with van der Waals surface area (Å²) in [6.45, 7) is 5.60. The van der Waals surface area contributed by atoms with Crippen molar-refractivity contribution in [3.8, 4) is 5.82 Å². The molecule has 0 aliphatic carbocycles. The highest BCUT2D eigenvalue weighted by molar-refractivity contribution is 7.18. The lowest BCUT2D eigenvalue weighted by Crippen LogP contribution is -2.24. The van der Waals surface area contributed by atoms with Crippen LogP contribution in [0.3, 0.4) is 0 Å². The van der Waals surface area contributed by atoms with E-state index in [1.54, 1.807) is 13.3 Å². The fourth-order valence-electron chi connectivity index (χ4n) is 3.72. The molecule has 0 aliphatic rings. The van der Waals surface area contributed by atoms with Crippen LogP contribution in [-0.2, 0) is 34.2 Å². The molecular formula is C22H21F3N6O2S. The van der Waals surface area contributed by atoms with Crippen molar-refractivity contribution in [1.29, 1.82) is 0 Å². The summed E-state index contributed by atoms with van der Waals surface area (Å²) in [5, 5.41) is 8.28. The zero-order valence-electron chi connectivity index (χ0n) is 18.8. The molecule has 0 N–H and O–H groups in total. The SMILES string of the molecule is COC(C)(C)c1c(CC(=O)Cc2cnc(-n3nccn3)c(C(F)(F)F)c2)cnc2sc(C)nc12. The Kier molecular flexibility index (Phi) is 6.21. The van der Waals surface area contributed by atoms with Gasteiger partial charge in [-0.25, -0.2) is 15.0 Å². The lowest BCUT2D eigenvalue weighted by Gasteiger charge is -2.26. The number of pyridine rings is 2. The third-order valence-corrected chi connectivity index (χ3v) is 6.23. The molecule has 0 saturated carbocycles. The van der Waals surface area contributed by atoms with Crippen LogP contribution in [0, 0.1) is 6.92 Å². The van der Waals surface area contributed by atoms with Crippen molar-refractivity contribution < 1.29 is 22.7 Å². The first kappa shape index (κ1) is 23.9. The summed E-state index contributed by atoms with van der Waals surface area (Å²) in [4.78, 5) is 27.3. The van der Waals surface area contributed by atoms with E-state index in [0.717, 1.165) is 26.3 Å². The summed E-state index contributed by atoms with van der Waals surface area (Å²) in [7, 11) is 1.57. The molecule has 0 aliphatic heterocycles. The minimum absolute atomic E-state index is 0.0363. The predicted molar refractivity (Wildman–Crippen MR) is 119 cm³/mol. The molecule has 0 aromatic carbocycles. The normalized spacial score (nSPS) is 12.4. The molecule has 0 spiro atoms. The van der Waals surface area contributed by atoms with Crippen molar-refractivity contribution >= 4 is 27.5 Å². The number of fused-ring (bicyclic) bond motifs is 1. The van der Waals surface area contributed by atoms with Gasteiger partial charge in [0.25, 0.3) is 0 Å². The van der Waals surface area contributed by atoms with E-state index in [1.807, 2.05) is 20.8 Å². The first-order valence-corrected chi connectivity index (χ1v) is 11.1. The van der Waals surface area contributed by atoms with Crippen molar-refractivity contribution in [2.75, 3.05) is 7.11 Å². The Bertz CT molecular complexity index is 1350. The molecule has 4 rings (SSSR count). The molecular weight excluding hydrogens is 469 g/mol. The zero-order valence-corrected chi connectivity index (χ0v) is 19.7. The van der Waals surface area contributed by atoms with E-state index < -0.39 is 23.2 Å². The molecule has 178 valence electrons. The number of Topliss-reactive ketones (excluding diaryl/α,β-unsaturated/α-hetero) is 1. The number of aromatic nitrogens is 6. The number of hydrogen-bond donors (Lipinski definition) is 0. The number of thiazole rings is 1. The number of ether oxygens (including phenoxy) is 1. The maximum atomic E-state index is 13.7. The van der Waals surface area contributed by atoms with Crippen molar-refractivity contribution in [1.82, 2.24) is 29.9 Å². The molecule has 0 fully saturated rings. The molecule has 0 radical (unpaired) electrons. The minimum Gasteiger partial charge on any atom is -0.374 e. The highest BCUT2D eigenvalue weighted by atomic mass is 32.1. The van der Waals surface area contributed by atoms with Crippen molar-refractivity contribution in [3.63, 3.8) is 0 Å². The topological polar surface area (TPSA) is 95.7 Å². The smallest absolute Gasteiger partial charge is 0.374 e. The van der Waals surface area contributed by atoms with Crippen LogP contribution in [-0.4, -0.2) is 42.8 Å². The fourth-order valence-corrected chi connectivity index (χ4v) is 4.49. The lowest BCUT2D eigenvalue weighted by molar-refractivity contribution is -0.138. The Morgan fingerprint density at radius 3 is 2.47 bits per heavy atom. The number of nitrogens with zero attached hydrogens (tertiary/aromatic N) is 6. The van der Waals surface area contributed by atoms with Crippen molar-refractivity contribution in [2.24, 2.45) is 0 Å². The fraction of sp³-hybridized carbons (Fsp3) is 0.364. The van der Waals surface area contributed by atoms with Gasteiger partial charge in [-0.3, -0.25) is 4.79 Å². The van der Waals surface area contributed by atoms with Crippen molar-refractivity contribution in [2.45, 2.75) is 45.4 Å². The van der Waals surface area contributed by atoms with Gasteiger partial charge >= 0.3 is 6.18 Å². The molecule has 12 heteroatoms. The average Bonchev–Trinajstić information content (AvgIpc) is 3.41. The second-order valence-electron chi connectivity index (χ2n) is 8.18. The third-order valence-electron chi connectivity index (χ3n) is 5.35. The molecule has 0 unspecified atom stereocenters. The molecule has 8 nitrogen and oxygen atoms in total. The van der Waals surface area contributed by atoms with E-state index in [-0.39, 0.29) is 24.2 Å². The molecule has 4 aromatic rings. The number of aryl methyl sites for hydroxylation is 1. The molecule has 0 atom stereocenters. The molecule has 0 saturated heterocycles. The van der Waals surface area contributed by atoms with Gasteiger partial charge in [-0.2, -0.15) is 23.4 Å². The number of alkyl halides is 3. The highest BCUT2D eigenvalue weighted by Gasteiger charge is 2.36. The second kappa shape index (κ2) is 8.84. The van der Waals surface area contributed by atoms with Gasteiger partial charge in [0.15, 0.2) is 5.82 Å². The lowest BCUT2D eigenvalue weighted by atomic mass is 9.90. The number of carbonyl (C=O) groups is 1. The van der Waals surface area contributed by atoms with Gasteiger partial charge < -0.3 is 4.74 Å². The van der Waals surface area contributed by atoms with E-state index >= 15 is 0 Å². The standard InChI is InChI=1S/C22H21F3N6O2S/c1-12-30-18-17(21(2,3)33-4)14(11-27-20(18)34-12)9-15(32)7-13-8-16(22(23,24)25)19(26-10-13)31-28-5-6-29-31/h5-6,8,10-11H,7,9H2,1-4H3. The Balaban J connectivity index is 1.65. The van der Waals surface area contributed by atoms with E-state index in [4.69, 9.17) is 4.74 Å².